The molecule has 0 heterocycles. The molecule has 1 unspecified atom stereocenters. The Morgan fingerprint density at radius 2 is 2.23 bits per heavy atom. The average Bonchev–Trinajstić information content (AvgIpc) is 2.07. The molecule has 0 aromatic heterocycles. The highest BCUT2D eigenvalue weighted by Gasteiger charge is 2.06. The molecule has 3 heteroatoms. The molecule has 1 nitrogen and oxygen atoms in total. The number of aliphatic hydroxyl groups is 1. The van der Waals surface area contributed by atoms with Crippen molar-refractivity contribution in [1.82, 2.24) is 0 Å². The van der Waals surface area contributed by atoms with E-state index in [2.05, 4.69) is 15.9 Å². The molecule has 0 aliphatic rings. The monoisotopic (exact) mass is 246 g/mol. The third kappa shape index (κ3) is 3.08. The Bertz CT molecular complexity index is 286. The topological polar surface area (TPSA) is 20.2 Å². The maximum absolute atomic E-state index is 13.3. The lowest BCUT2D eigenvalue weighted by molar-refractivity contribution is 0.184. The van der Waals surface area contributed by atoms with Crippen LogP contribution < -0.4 is 0 Å². The van der Waals surface area contributed by atoms with E-state index in [1.165, 1.54) is 0 Å². The summed E-state index contributed by atoms with van der Waals surface area (Å²) in [4.78, 5) is 0. The second-order valence-electron chi connectivity index (χ2n) is 3.10. The predicted octanol–water partition coefficient (Wildman–Crippen LogP) is 2.90. The van der Waals surface area contributed by atoms with Crippen molar-refractivity contribution < 1.29 is 9.50 Å². The van der Waals surface area contributed by atoms with E-state index in [0.29, 0.717) is 22.9 Å². The molecular formula is C10H12BrFO. The molecule has 0 saturated carbocycles. The van der Waals surface area contributed by atoms with Crippen LogP contribution in [0.1, 0.15) is 18.9 Å². The molecular weight excluding hydrogens is 235 g/mol. The first kappa shape index (κ1) is 10.7. The number of hydrogen-bond donors (Lipinski definition) is 1. The molecule has 0 amide bonds. The summed E-state index contributed by atoms with van der Waals surface area (Å²) in [5.74, 6) is -0.219. The molecule has 0 bridgehead atoms. The van der Waals surface area contributed by atoms with Crippen LogP contribution in [0.5, 0.6) is 0 Å². The molecule has 0 radical (unpaired) electrons. The first-order valence-corrected chi connectivity index (χ1v) is 5.01. The first-order valence-electron chi connectivity index (χ1n) is 4.22. The number of benzene rings is 1. The fraction of sp³-hybridized carbons (Fsp3) is 0.400. The lowest BCUT2D eigenvalue weighted by Crippen LogP contribution is -2.02. The Morgan fingerprint density at radius 3 is 2.85 bits per heavy atom. The maximum atomic E-state index is 13.3. The number of rotatable bonds is 3. The minimum absolute atomic E-state index is 0.219. The Morgan fingerprint density at radius 1 is 1.54 bits per heavy atom. The van der Waals surface area contributed by atoms with Crippen molar-refractivity contribution in [2.45, 2.75) is 25.9 Å². The molecule has 0 fully saturated rings. The number of hydrogen-bond acceptors (Lipinski definition) is 1. The van der Waals surface area contributed by atoms with E-state index >= 15 is 0 Å². The largest absolute Gasteiger partial charge is 0.393 e. The van der Waals surface area contributed by atoms with Gasteiger partial charge in [0, 0.05) is 0 Å². The fourth-order valence-corrected chi connectivity index (χ4v) is 1.51. The van der Waals surface area contributed by atoms with Gasteiger partial charge < -0.3 is 5.11 Å². The fourth-order valence-electron chi connectivity index (χ4n) is 1.11. The second-order valence-corrected chi connectivity index (χ2v) is 3.95. The predicted molar refractivity (Wildman–Crippen MR) is 54.1 cm³/mol. The van der Waals surface area contributed by atoms with E-state index in [-0.39, 0.29) is 11.9 Å². The van der Waals surface area contributed by atoms with Crippen LogP contribution >= 0.6 is 15.9 Å². The smallest absolute Gasteiger partial charge is 0.140 e. The molecule has 13 heavy (non-hydrogen) atoms. The van der Waals surface area contributed by atoms with Gasteiger partial charge in [-0.3, -0.25) is 0 Å². The Hall–Kier alpha value is -0.410. The van der Waals surface area contributed by atoms with Crippen LogP contribution in [-0.2, 0) is 6.42 Å². The highest BCUT2D eigenvalue weighted by atomic mass is 79.9. The van der Waals surface area contributed by atoms with Gasteiger partial charge in [0.15, 0.2) is 0 Å². The van der Waals surface area contributed by atoms with E-state index in [0.717, 1.165) is 0 Å². The molecule has 0 aliphatic carbocycles. The van der Waals surface area contributed by atoms with Crippen LogP contribution in [-0.4, -0.2) is 11.2 Å². The van der Waals surface area contributed by atoms with Gasteiger partial charge in [-0.2, -0.15) is 0 Å². The van der Waals surface area contributed by atoms with E-state index in [1.807, 2.05) is 0 Å². The average molecular weight is 247 g/mol. The van der Waals surface area contributed by atoms with Gasteiger partial charge in [-0.15, -0.1) is 0 Å². The summed E-state index contributed by atoms with van der Waals surface area (Å²) >= 11 is 3.12. The molecule has 0 spiro atoms. The van der Waals surface area contributed by atoms with Gasteiger partial charge in [0.25, 0.3) is 0 Å². The van der Waals surface area contributed by atoms with Crippen molar-refractivity contribution in [3.63, 3.8) is 0 Å². The van der Waals surface area contributed by atoms with Gasteiger partial charge in [0.2, 0.25) is 0 Å². The minimum Gasteiger partial charge on any atom is -0.393 e. The zero-order chi connectivity index (χ0) is 9.84. The third-order valence-corrected chi connectivity index (χ3v) is 2.48. The zero-order valence-electron chi connectivity index (χ0n) is 7.43. The summed E-state index contributed by atoms with van der Waals surface area (Å²) in [6.45, 7) is 1.70. The van der Waals surface area contributed by atoms with Crippen molar-refractivity contribution in [2.24, 2.45) is 0 Å². The van der Waals surface area contributed by atoms with E-state index in [4.69, 9.17) is 5.11 Å². The number of aryl methyl sites for hydroxylation is 1. The van der Waals surface area contributed by atoms with Gasteiger partial charge in [-0.1, -0.05) is 12.1 Å². The quantitative estimate of drug-likeness (QED) is 0.870. The number of aliphatic hydroxyl groups excluding tert-OH is 1. The standard InChI is InChI=1S/C10H12BrFO/c1-7(13)5-6-8-3-2-4-9(11)10(8)12/h2-4,7,13H,5-6H2,1H3. The zero-order valence-corrected chi connectivity index (χ0v) is 9.01. The van der Waals surface area contributed by atoms with E-state index in [1.54, 1.807) is 25.1 Å². The summed E-state index contributed by atoms with van der Waals surface area (Å²) in [5.41, 5.74) is 0.648. The van der Waals surface area contributed by atoms with Crippen molar-refractivity contribution in [3.8, 4) is 0 Å². The van der Waals surface area contributed by atoms with Crippen molar-refractivity contribution in [1.29, 1.82) is 0 Å². The summed E-state index contributed by atoms with van der Waals surface area (Å²) in [6, 6.07) is 5.20. The first-order chi connectivity index (χ1) is 6.11. The van der Waals surface area contributed by atoms with Crippen molar-refractivity contribution >= 4 is 15.9 Å². The molecule has 1 N–H and O–H groups in total. The molecule has 0 saturated heterocycles. The van der Waals surface area contributed by atoms with Gasteiger partial charge in [-0.05, 0) is 47.3 Å². The van der Waals surface area contributed by atoms with Gasteiger partial charge in [0.05, 0.1) is 10.6 Å². The normalized spacial score (nSPS) is 12.9. The van der Waals surface area contributed by atoms with Crippen molar-refractivity contribution in [3.05, 3.63) is 34.1 Å². The highest BCUT2D eigenvalue weighted by molar-refractivity contribution is 9.10. The van der Waals surface area contributed by atoms with Crippen LogP contribution in [0, 0.1) is 5.82 Å². The lowest BCUT2D eigenvalue weighted by atomic mass is 10.1. The summed E-state index contributed by atoms with van der Waals surface area (Å²) in [6.07, 6.45) is 0.787. The molecule has 72 valence electrons. The van der Waals surface area contributed by atoms with Gasteiger partial charge in [-0.25, -0.2) is 4.39 Å². The molecule has 1 rings (SSSR count). The van der Waals surface area contributed by atoms with E-state index < -0.39 is 0 Å². The van der Waals surface area contributed by atoms with Crippen LogP contribution in [0.25, 0.3) is 0 Å². The molecule has 1 atom stereocenters. The Kier molecular flexibility index (Phi) is 3.88. The van der Waals surface area contributed by atoms with Gasteiger partial charge >= 0.3 is 0 Å². The van der Waals surface area contributed by atoms with Crippen LogP contribution in [0.3, 0.4) is 0 Å². The minimum atomic E-state index is -0.376. The molecule has 0 aliphatic heterocycles. The van der Waals surface area contributed by atoms with Crippen LogP contribution in [0.4, 0.5) is 4.39 Å². The maximum Gasteiger partial charge on any atom is 0.140 e. The van der Waals surface area contributed by atoms with E-state index in [9.17, 15) is 4.39 Å². The Labute approximate surface area is 85.7 Å². The second kappa shape index (κ2) is 4.72. The summed E-state index contributed by atoms with van der Waals surface area (Å²) in [5, 5.41) is 9.04. The highest BCUT2D eigenvalue weighted by Crippen LogP contribution is 2.19. The van der Waals surface area contributed by atoms with Crippen LogP contribution in [0.15, 0.2) is 22.7 Å². The summed E-state index contributed by atoms with van der Waals surface area (Å²) < 4.78 is 13.8. The van der Waals surface area contributed by atoms with Gasteiger partial charge in [0.1, 0.15) is 5.82 Å². The number of halogens is 2. The SMILES string of the molecule is CC(O)CCc1cccc(Br)c1F. The molecule has 1 aromatic carbocycles. The Balaban J connectivity index is 2.71. The summed E-state index contributed by atoms with van der Waals surface area (Å²) in [7, 11) is 0. The lowest BCUT2D eigenvalue weighted by Gasteiger charge is -2.06. The molecule has 1 aromatic rings. The van der Waals surface area contributed by atoms with Crippen molar-refractivity contribution in [2.75, 3.05) is 0 Å². The third-order valence-electron chi connectivity index (χ3n) is 1.86. The van der Waals surface area contributed by atoms with Crippen LogP contribution in [0.2, 0.25) is 0 Å².